The monoisotopic (exact) mass is 524 g/mol. The van der Waals surface area contributed by atoms with Gasteiger partial charge in [-0.05, 0) is 65.4 Å². The molecule has 0 amide bonds. The minimum absolute atomic E-state index is 0.0105. The Balaban J connectivity index is 1.68. The van der Waals surface area contributed by atoms with Gasteiger partial charge in [-0.3, -0.25) is 4.57 Å². The number of ether oxygens (including phenoxy) is 1. The lowest BCUT2D eigenvalue weighted by Crippen LogP contribution is -2.44. The van der Waals surface area contributed by atoms with Crippen LogP contribution < -0.4 is 10.1 Å². The van der Waals surface area contributed by atoms with Gasteiger partial charge in [0.25, 0.3) is 0 Å². The molecule has 1 aromatic carbocycles. The summed E-state index contributed by atoms with van der Waals surface area (Å²) in [5.74, 6) is 1.69. The molecule has 0 bridgehead atoms. The molecule has 0 radical (unpaired) electrons. The van der Waals surface area contributed by atoms with Crippen LogP contribution in [0.3, 0.4) is 0 Å². The smallest absolute Gasteiger partial charge is 0.233 e. The second-order valence-corrected chi connectivity index (χ2v) is 16.1. The molecule has 1 N–H and O–H groups in total. The molecule has 4 heterocycles. The summed E-state index contributed by atoms with van der Waals surface area (Å²) < 4.78 is 8.38. The summed E-state index contributed by atoms with van der Waals surface area (Å²) >= 11 is 0. The summed E-state index contributed by atoms with van der Waals surface area (Å²) in [6.07, 6.45) is 1.86. The molecule has 196 valence electrons. The van der Waals surface area contributed by atoms with Gasteiger partial charge in [-0.2, -0.15) is 4.98 Å². The van der Waals surface area contributed by atoms with Gasteiger partial charge in [0, 0.05) is 29.1 Å². The van der Waals surface area contributed by atoms with Crippen LogP contribution in [-0.4, -0.2) is 32.6 Å². The average Bonchev–Trinajstić information content (AvgIpc) is 3.16. The predicted octanol–water partition coefficient (Wildman–Crippen LogP) is 6.76. The van der Waals surface area contributed by atoms with Crippen LogP contribution in [0.2, 0.25) is 13.1 Å². The Morgan fingerprint density at radius 2 is 1.47 bits per heavy atom. The Morgan fingerprint density at radius 3 is 2.16 bits per heavy atom. The fourth-order valence-corrected chi connectivity index (χ4v) is 5.42. The highest BCUT2D eigenvalue weighted by molar-refractivity contribution is 6.82. The first-order valence-corrected chi connectivity index (χ1v) is 16.0. The van der Waals surface area contributed by atoms with Crippen LogP contribution >= 0.6 is 0 Å². The van der Waals surface area contributed by atoms with E-state index in [0.29, 0.717) is 17.1 Å². The minimum Gasteiger partial charge on any atom is -0.426 e. The molecular formula is C31H36N4O2Si. The van der Waals surface area contributed by atoms with E-state index in [4.69, 9.17) is 14.7 Å². The summed E-state index contributed by atoms with van der Waals surface area (Å²) in [7, 11) is -2.66. The molecule has 0 fully saturated rings. The quantitative estimate of drug-likeness (QED) is 0.263. The van der Waals surface area contributed by atoms with E-state index >= 15 is 0 Å². The molecule has 6 nitrogen and oxygen atoms in total. The standard InChI is InChI=1S/C31H36N4O2Si/c1-30(2,3)20-15-16-32-25(17-20)35-24-12-10-9-11-22(24)23-13-14-26(34-29(23)35)37-27-18-21(31(4,5)6)19-28(33-27)38(7,8)36/h9-19,36H,1-8H3. The number of hydrogen-bond acceptors (Lipinski definition) is 5. The number of rotatable bonds is 4. The summed E-state index contributed by atoms with van der Waals surface area (Å²) in [6, 6.07) is 20.4. The van der Waals surface area contributed by atoms with E-state index in [1.54, 1.807) is 0 Å². The van der Waals surface area contributed by atoms with Crippen molar-refractivity contribution in [2.45, 2.75) is 65.5 Å². The second-order valence-electron chi connectivity index (χ2n) is 12.5. The van der Waals surface area contributed by atoms with Crippen molar-refractivity contribution in [3.8, 4) is 17.6 Å². The van der Waals surface area contributed by atoms with Crippen LogP contribution in [0.15, 0.2) is 66.9 Å². The number of benzene rings is 1. The van der Waals surface area contributed by atoms with Crippen molar-refractivity contribution in [1.29, 1.82) is 0 Å². The van der Waals surface area contributed by atoms with Gasteiger partial charge in [0.1, 0.15) is 5.82 Å². The lowest BCUT2D eigenvalue weighted by Gasteiger charge is -2.23. The number of aromatic nitrogens is 4. The fourth-order valence-electron chi connectivity index (χ4n) is 4.53. The summed E-state index contributed by atoms with van der Waals surface area (Å²) in [5.41, 5.74) is 3.94. The molecule has 0 atom stereocenters. The Hall–Kier alpha value is -3.55. The topological polar surface area (TPSA) is 73.1 Å². The molecule has 0 unspecified atom stereocenters. The molecule has 0 aliphatic heterocycles. The number of fused-ring (bicyclic) bond motifs is 3. The van der Waals surface area contributed by atoms with Gasteiger partial charge in [0.15, 0.2) is 5.65 Å². The Labute approximate surface area is 225 Å². The van der Waals surface area contributed by atoms with Crippen LogP contribution in [0, 0.1) is 0 Å². The van der Waals surface area contributed by atoms with Crippen LogP contribution in [-0.2, 0) is 10.8 Å². The normalized spacial score (nSPS) is 12.9. The van der Waals surface area contributed by atoms with Gasteiger partial charge in [0.2, 0.25) is 20.1 Å². The van der Waals surface area contributed by atoms with Gasteiger partial charge in [-0.15, -0.1) is 0 Å². The van der Waals surface area contributed by atoms with Gasteiger partial charge >= 0.3 is 0 Å². The van der Waals surface area contributed by atoms with Crippen molar-refractivity contribution in [1.82, 2.24) is 19.5 Å². The summed E-state index contributed by atoms with van der Waals surface area (Å²) in [4.78, 5) is 25.2. The van der Waals surface area contributed by atoms with Gasteiger partial charge < -0.3 is 9.53 Å². The number of pyridine rings is 3. The number of para-hydroxylation sites is 1. The first-order chi connectivity index (χ1) is 17.7. The zero-order valence-corrected chi connectivity index (χ0v) is 24.5. The molecule has 7 heteroatoms. The van der Waals surface area contributed by atoms with Crippen molar-refractivity contribution in [3.63, 3.8) is 0 Å². The average molecular weight is 525 g/mol. The van der Waals surface area contributed by atoms with Crippen molar-refractivity contribution in [3.05, 3.63) is 78.0 Å². The van der Waals surface area contributed by atoms with E-state index in [1.807, 2.05) is 55.7 Å². The maximum absolute atomic E-state index is 10.8. The van der Waals surface area contributed by atoms with Crippen molar-refractivity contribution in [2.75, 3.05) is 0 Å². The predicted molar refractivity (Wildman–Crippen MR) is 157 cm³/mol. The number of nitrogens with zero attached hydrogens (tertiary/aromatic N) is 4. The third-order valence-electron chi connectivity index (χ3n) is 6.84. The van der Waals surface area contributed by atoms with E-state index in [2.05, 4.69) is 75.4 Å². The van der Waals surface area contributed by atoms with E-state index in [1.165, 1.54) is 5.56 Å². The Bertz CT molecular complexity index is 1620. The Morgan fingerprint density at radius 1 is 0.763 bits per heavy atom. The largest absolute Gasteiger partial charge is 0.426 e. The Kier molecular flexibility index (Phi) is 6.19. The lowest BCUT2D eigenvalue weighted by molar-refractivity contribution is 0.443. The molecule has 0 saturated carbocycles. The highest BCUT2D eigenvalue weighted by Crippen LogP contribution is 2.34. The molecule has 0 spiro atoms. The lowest BCUT2D eigenvalue weighted by atomic mass is 9.88. The third kappa shape index (κ3) is 4.96. The second kappa shape index (κ2) is 9.03. The SMILES string of the molecule is CC(C)(C)c1ccnc(-n2c3ccccc3c3ccc(Oc4cc(C(C)(C)C)cc([Si](C)(C)O)n4)nc32)c1. The van der Waals surface area contributed by atoms with Crippen LogP contribution in [0.4, 0.5) is 0 Å². The molecule has 0 aliphatic carbocycles. The summed E-state index contributed by atoms with van der Waals surface area (Å²) in [6.45, 7) is 16.8. The van der Waals surface area contributed by atoms with E-state index in [-0.39, 0.29) is 10.8 Å². The first-order valence-electron chi connectivity index (χ1n) is 13.0. The molecule has 5 aromatic rings. The molecule has 0 aliphatic rings. The highest BCUT2D eigenvalue weighted by atomic mass is 28.4. The van der Waals surface area contributed by atoms with Crippen molar-refractivity contribution >= 4 is 35.6 Å². The number of hydrogen-bond donors (Lipinski definition) is 1. The summed E-state index contributed by atoms with van der Waals surface area (Å²) in [5, 5.41) is 2.82. The zero-order chi connectivity index (χ0) is 27.5. The third-order valence-corrected chi connectivity index (χ3v) is 8.35. The van der Waals surface area contributed by atoms with Gasteiger partial charge in [-0.25, -0.2) is 9.97 Å². The van der Waals surface area contributed by atoms with Gasteiger partial charge in [0.05, 0.1) is 10.8 Å². The van der Waals surface area contributed by atoms with Crippen LogP contribution in [0.25, 0.3) is 27.8 Å². The molecule has 4 aromatic heterocycles. The van der Waals surface area contributed by atoms with Crippen molar-refractivity contribution in [2.24, 2.45) is 0 Å². The van der Waals surface area contributed by atoms with E-state index in [0.717, 1.165) is 33.3 Å². The van der Waals surface area contributed by atoms with Crippen LogP contribution in [0.5, 0.6) is 11.8 Å². The minimum atomic E-state index is -2.66. The van der Waals surface area contributed by atoms with Crippen molar-refractivity contribution < 1.29 is 9.53 Å². The fraction of sp³-hybridized carbons (Fsp3) is 0.323. The molecule has 5 rings (SSSR count). The zero-order valence-electron chi connectivity index (χ0n) is 23.5. The molecule has 38 heavy (non-hydrogen) atoms. The van der Waals surface area contributed by atoms with E-state index in [9.17, 15) is 4.80 Å². The van der Waals surface area contributed by atoms with E-state index < -0.39 is 8.32 Å². The molecule has 0 saturated heterocycles. The molecular weight excluding hydrogens is 488 g/mol. The maximum Gasteiger partial charge on any atom is 0.233 e. The highest BCUT2D eigenvalue weighted by Gasteiger charge is 2.27. The van der Waals surface area contributed by atoms with Gasteiger partial charge in [-0.1, -0.05) is 59.7 Å². The van der Waals surface area contributed by atoms with Crippen LogP contribution in [0.1, 0.15) is 52.7 Å². The maximum atomic E-state index is 10.8. The first kappa shape index (κ1) is 26.1.